The second-order valence-electron chi connectivity index (χ2n) is 5.05. The fourth-order valence-corrected chi connectivity index (χ4v) is 1.98. The van der Waals surface area contributed by atoms with Gasteiger partial charge >= 0.3 is 0 Å². The maximum absolute atomic E-state index is 9.36. The van der Waals surface area contributed by atoms with E-state index in [1.807, 2.05) is 0 Å². The molecule has 3 N–H and O–H groups in total. The number of hydrogen-bond acceptors (Lipinski definition) is 6. The van der Waals surface area contributed by atoms with Crippen LogP contribution in [-0.2, 0) is 4.74 Å². The van der Waals surface area contributed by atoms with Gasteiger partial charge in [-0.2, -0.15) is 0 Å². The molecule has 0 aromatic carbocycles. The van der Waals surface area contributed by atoms with Gasteiger partial charge in [0.2, 0.25) is 0 Å². The average molecular weight is 282 g/mol. The molecule has 0 saturated heterocycles. The minimum atomic E-state index is -0.175. The van der Waals surface area contributed by atoms with Crippen molar-refractivity contribution < 1.29 is 9.84 Å². The minimum Gasteiger partial charge on any atom is -0.394 e. The summed E-state index contributed by atoms with van der Waals surface area (Å²) in [6.45, 7) is 7.61. The summed E-state index contributed by atoms with van der Waals surface area (Å²) in [7, 11) is 1.61. The molecule has 114 valence electrons. The summed E-state index contributed by atoms with van der Waals surface area (Å²) < 4.78 is 5.08. The number of ether oxygens (including phenoxy) is 1. The summed E-state index contributed by atoms with van der Waals surface area (Å²) in [6.07, 6.45) is 2.57. The van der Waals surface area contributed by atoms with Crippen molar-refractivity contribution in [3.05, 3.63) is 11.9 Å². The fourth-order valence-electron chi connectivity index (χ4n) is 1.98. The Hall–Kier alpha value is -1.40. The molecule has 0 aliphatic carbocycles. The molecule has 0 fully saturated rings. The monoisotopic (exact) mass is 282 g/mol. The Bertz CT molecular complexity index is 399. The number of anilines is 2. The zero-order chi connectivity index (χ0) is 15.0. The van der Waals surface area contributed by atoms with E-state index in [0.29, 0.717) is 6.61 Å². The van der Waals surface area contributed by atoms with Crippen LogP contribution >= 0.6 is 0 Å². The molecule has 1 heterocycles. The first-order chi connectivity index (χ1) is 9.63. The molecule has 0 radical (unpaired) electrons. The van der Waals surface area contributed by atoms with Crippen LogP contribution in [0.3, 0.4) is 0 Å². The van der Waals surface area contributed by atoms with Crippen LogP contribution in [0.2, 0.25) is 0 Å². The molecule has 6 heteroatoms. The summed E-state index contributed by atoms with van der Waals surface area (Å²) in [4.78, 5) is 8.63. The maximum atomic E-state index is 9.36. The van der Waals surface area contributed by atoms with Crippen LogP contribution in [0.5, 0.6) is 0 Å². The molecule has 0 bridgehead atoms. The highest BCUT2D eigenvalue weighted by Crippen LogP contribution is 2.28. The molecule has 6 nitrogen and oxygen atoms in total. The lowest BCUT2D eigenvalue weighted by Crippen LogP contribution is -2.30. The average Bonchev–Trinajstić information content (AvgIpc) is 2.44. The lowest BCUT2D eigenvalue weighted by atomic mass is 10.0. The second-order valence-corrected chi connectivity index (χ2v) is 5.05. The first-order valence-corrected chi connectivity index (χ1v) is 7.09. The second kappa shape index (κ2) is 8.71. The van der Waals surface area contributed by atoms with Gasteiger partial charge < -0.3 is 20.5 Å². The van der Waals surface area contributed by atoms with Gasteiger partial charge in [0.1, 0.15) is 18.0 Å². The molecule has 1 rings (SSSR count). The molecule has 1 aromatic heterocycles. The maximum Gasteiger partial charge on any atom is 0.135 e. The van der Waals surface area contributed by atoms with Crippen molar-refractivity contribution in [2.24, 2.45) is 0 Å². The number of aliphatic hydroxyl groups is 1. The Balaban J connectivity index is 2.98. The van der Waals surface area contributed by atoms with Gasteiger partial charge in [-0.05, 0) is 12.3 Å². The predicted molar refractivity (Wildman–Crippen MR) is 81.3 cm³/mol. The fraction of sp³-hybridized carbons (Fsp3) is 0.714. The molecule has 0 aliphatic heterocycles. The molecule has 1 unspecified atom stereocenters. The van der Waals surface area contributed by atoms with Crippen molar-refractivity contribution in [3.63, 3.8) is 0 Å². The van der Waals surface area contributed by atoms with Crippen LogP contribution in [0.15, 0.2) is 6.33 Å². The number of nitrogens with zero attached hydrogens (tertiary/aromatic N) is 2. The van der Waals surface area contributed by atoms with Crippen molar-refractivity contribution in [1.29, 1.82) is 0 Å². The van der Waals surface area contributed by atoms with E-state index in [1.54, 1.807) is 7.11 Å². The highest BCUT2D eigenvalue weighted by atomic mass is 16.5. The summed E-state index contributed by atoms with van der Waals surface area (Å²) in [5, 5.41) is 15.9. The van der Waals surface area contributed by atoms with Crippen LogP contribution in [0.4, 0.5) is 11.6 Å². The van der Waals surface area contributed by atoms with Gasteiger partial charge in [-0.25, -0.2) is 9.97 Å². The highest BCUT2D eigenvalue weighted by Gasteiger charge is 2.17. The van der Waals surface area contributed by atoms with Gasteiger partial charge in [-0.3, -0.25) is 0 Å². The first kappa shape index (κ1) is 16.7. The standard InChI is InChI=1S/C14H26N4O2/c1-5-6-15-13-12(10(2)3)14(17-9-16-13)18-11(7-19)8-20-4/h9-11,19H,5-8H2,1-4H3,(H2,15,16,17,18). The van der Waals surface area contributed by atoms with Crippen LogP contribution < -0.4 is 10.6 Å². The molecule has 0 spiro atoms. The molecule has 0 amide bonds. The third kappa shape index (κ3) is 4.61. The Morgan fingerprint density at radius 3 is 2.55 bits per heavy atom. The molecule has 20 heavy (non-hydrogen) atoms. The number of nitrogens with one attached hydrogen (secondary N) is 2. The lowest BCUT2D eigenvalue weighted by molar-refractivity contribution is 0.153. The quantitative estimate of drug-likeness (QED) is 0.641. The number of methoxy groups -OCH3 is 1. The molecule has 1 aromatic rings. The van der Waals surface area contributed by atoms with Gasteiger partial charge in [0, 0.05) is 19.2 Å². The Labute approximate surface area is 121 Å². The third-order valence-electron chi connectivity index (χ3n) is 2.93. The number of aromatic nitrogens is 2. The first-order valence-electron chi connectivity index (χ1n) is 7.09. The molecule has 0 saturated carbocycles. The molecular formula is C14H26N4O2. The smallest absolute Gasteiger partial charge is 0.135 e. The van der Waals surface area contributed by atoms with E-state index in [0.717, 1.165) is 30.2 Å². The van der Waals surface area contributed by atoms with E-state index in [-0.39, 0.29) is 18.6 Å². The van der Waals surface area contributed by atoms with Crippen LogP contribution in [-0.4, -0.2) is 48.0 Å². The number of aliphatic hydroxyl groups excluding tert-OH is 1. The topological polar surface area (TPSA) is 79.3 Å². The number of rotatable bonds is 9. The van der Waals surface area contributed by atoms with Crippen molar-refractivity contribution in [3.8, 4) is 0 Å². The van der Waals surface area contributed by atoms with E-state index >= 15 is 0 Å². The van der Waals surface area contributed by atoms with Gasteiger partial charge in [0.15, 0.2) is 0 Å². The molecule has 1 atom stereocenters. The van der Waals surface area contributed by atoms with Crippen molar-refractivity contribution in [2.75, 3.05) is 37.5 Å². The van der Waals surface area contributed by atoms with Gasteiger partial charge in [-0.15, -0.1) is 0 Å². The van der Waals surface area contributed by atoms with Crippen LogP contribution in [0.25, 0.3) is 0 Å². The van der Waals surface area contributed by atoms with E-state index in [2.05, 4.69) is 41.4 Å². The summed E-state index contributed by atoms with van der Waals surface area (Å²) in [5.74, 6) is 1.89. The van der Waals surface area contributed by atoms with E-state index in [1.165, 1.54) is 6.33 Å². The summed E-state index contributed by atoms with van der Waals surface area (Å²) >= 11 is 0. The van der Waals surface area contributed by atoms with Gasteiger partial charge in [0.05, 0.1) is 19.3 Å². The molecular weight excluding hydrogens is 256 g/mol. The summed E-state index contributed by atoms with van der Waals surface area (Å²) in [6, 6.07) is -0.175. The Morgan fingerprint density at radius 2 is 2.00 bits per heavy atom. The van der Waals surface area contributed by atoms with Crippen LogP contribution in [0.1, 0.15) is 38.7 Å². The normalized spacial score (nSPS) is 12.5. The van der Waals surface area contributed by atoms with E-state index < -0.39 is 0 Å². The largest absolute Gasteiger partial charge is 0.394 e. The van der Waals surface area contributed by atoms with Crippen LogP contribution in [0, 0.1) is 0 Å². The van der Waals surface area contributed by atoms with Gasteiger partial charge in [0.25, 0.3) is 0 Å². The zero-order valence-electron chi connectivity index (χ0n) is 12.8. The summed E-state index contributed by atoms with van der Waals surface area (Å²) in [5.41, 5.74) is 1.04. The Morgan fingerprint density at radius 1 is 1.30 bits per heavy atom. The predicted octanol–water partition coefficient (Wildman–Crippen LogP) is 1.84. The van der Waals surface area contributed by atoms with Crippen molar-refractivity contribution in [2.45, 2.75) is 39.2 Å². The highest BCUT2D eigenvalue weighted by molar-refractivity contribution is 5.59. The van der Waals surface area contributed by atoms with Crippen molar-refractivity contribution in [1.82, 2.24) is 9.97 Å². The molecule has 0 aliphatic rings. The number of hydrogen-bond donors (Lipinski definition) is 3. The zero-order valence-corrected chi connectivity index (χ0v) is 12.8. The third-order valence-corrected chi connectivity index (χ3v) is 2.93. The Kier molecular flexibility index (Phi) is 7.25. The SMILES string of the molecule is CCCNc1ncnc(NC(CO)COC)c1C(C)C. The van der Waals surface area contributed by atoms with Gasteiger partial charge in [-0.1, -0.05) is 20.8 Å². The van der Waals surface area contributed by atoms with Crippen molar-refractivity contribution >= 4 is 11.6 Å². The van der Waals surface area contributed by atoms with E-state index in [9.17, 15) is 5.11 Å². The minimum absolute atomic E-state index is 0.00685. The lowest BCUT2D eigenvalue weighted by Gasteiger charge is -2.21. The van der Waals surface area contributed by atoms with E-state index in [4.69, 9.17) is 4.74 Å².